The van der Waals surface area contributed by atoms with Crippen LogP contribution in [0.5, 0.6) is 0 Å². The van der Waals surface area contributed by atoms with Crippen molar-refractivity contribution in [1.29, 1.82) is 0 Å². The predicted octanol–water partition coefficient (Wildman–Crippen LogP) is 3.99. The summed E-state index contributed by atoms with van der Waals surface area (Å²) < 4.78 is 65.5. The van der Waals surface area contributed by atoms with Gasteiger partial charge in [0.2, 0.25) is 0 Å². The maximum Gasteiger partial charge on any atom is 0.161 e. The van der Waals surface area contributed by atoms with E-state index in [0.29, 0.717) is 12.1 Å². The van der Waals surface area contributed by atoms with Crippen LogP contribution < -0.4 is 5.32 Å². The summed E-state index contributed by atoms with van der Waals surface area (Å²) in [7, 11) is 0. The third-order valence-corrected chi connectivity index (χ3v) is 2.51. The van der Waals surface area contributed by atoms with Crippen molar-refractivity contribution in [1.82, 2.24) is 0 Å². The molecule has 0 atom stereocenters. The molecule has 2 aromatic rings. The highest BCUT2D eigenvalue weighted by molar-refractivity contribution is 5.46. The molecule has 0 aliphatic heterocycles. The number of hydrogen-bond acceptors (Lipinski definition) is 1. The number of anilines is 1. The van der Waals surface area contributed by atoms with Crippen LogP contribution in [0.25, 0.3) is 0 Å². The number of hydrogen-bond donors (Lipinski definition) is 1. The van der Waals surface area contributed by atoms with E-state index in [9.17, 15) is 22.0 Å². The molecule has 100 valence electrons. The van der Waals surface area contributed by atoms with E-state index in [1.807, 2.05) is 0 Å². The quantitative estimate of drug-likeness (QED) is 0.658. The first-order valence-electron chi connectivity index (χ1n) is 5.30. The maximum atomic E-state index is 13.3. The molecule has 2 rings (SSSR count). The molecule has 0 amide bonds. The van der Waals surface area contributed by atoms with Gasteiger partial charge in [-0.3, -0.25) is 0 Å². The van der Waals surface area contributed by atoms with E-state index in [1.54, 1.807) is 0 Å². The van der Waals surface area contributed by atoms with Crippen LogP contribution in [0.15, 0.2) is 30.3 Å². The fourth-order valence-electron chi connectivity index (χ4n) is 1.55. The molecule has 0 aliphatic carbocycles. The average molecular weight is 273 g/mol. The van der Waals surface area contributed by atoms with Gasteiger partial charge in [0.15, 0.2) is 11.6 Å². The van der Waals surface area contributed by atoms with Gasteiger partial charge in [-0.15, -0.1) is 0 Å². The maximum absolute atomic E-state index is 13.3. The topological polar surface area (TPSA) is 12.0 Å². The summed E-state index contributed by atoms with van der Waals surface area (Å²) in [5.41, 5.74) is -0.687. The van der Waals surface area contributed by atoms with Crippen molar-refractivity contribution in [2.24, 2.45) is 0 Å². The minimum Gasteiger partial charge on any atom is -0.376 e. The summed E-state index contributed by atoms with van der Waals surface area (Å²) in [5, 5.41) is 2.31. The van der Waals surface area contributed by atoms with E-state index in [-0.39, 0.29) is 12.1 Å². The number of halogens is 5. The Morgan fingerprint density at radius 3 is 1.95 bits per heavy atom. The molecular formula is C13H8F5N. The third kappa shape index (κ3) is 2.83. The number of rotatable bonds is 3. The molecule has 1 N–H and O–H groups in total. The summed E-state index contributed by atoms with van der Waals surface area (Å²) in [4.78, 5) is 0. The molecule has 0 unspecified atom stereocenters. The van der Waals surface area contributed by atoms with Crippen LogP contribution in [0.1, 0.15) is 5.56 Å². The molecule has 19 heavy (non-hydrogen) atoms. The van der Waals surface area contributed by atoms with E-state index >= 15 is 0 Å². The molecule has 0 saturated heterocycles. The zero-order valence-electron chi connectivity index (χ0n) is 9.48. The molecule has 6 heteroatoms. The first-order chi connectivity index (χ1) is 8.99. The Kier molecular flexibility index (Phi) is 3.69. The zero-order chi connectivity index (χ0) is 14.0. The second kappa shape index (κ2) is 5.26. The van der Waals surface area contributed by atoms with Crippen molar-refractivity contribution in [3.8, 4) is 0 Å². The highest BCUT2D eigenvalue weighted by Crippen LogP contribution is 2.20. The van der Waals surface area contributed by atoms with Gasteiger partial charge in [0, 0.05) is 18.2 Å². The predicted molar refractivity (Wildman–Crippen MR) is 60.0 cm³/mol. The molecule has 0 heterocycles. The van der Waals surface area contributed by atoms with Crippen molar-refractivity contribution in [2.45, 2.75) is 6.54 Å². The van der Waals surface area contributed by atoms with Crippen molar-refractivity contribution in [3.63, 3.8) is 0 Å². The van der Waals surface area contributed by atoms with Gasteiger partial charge in [0.25, 0.3) is 0 Å². The van der Waals surface area contributed by atoms with E-state index in [2.05, 4.69) is 5.32 Å². The Morgan fingerprint density at radius 1 is 0.737 bits per heavy atom. The highest BCUT2D eigenvalue weighted by atomic mass is 19.2. The first kappa shape index (κ1) is 13.3. The SMILES string of the molecule is Fc1cc(F)c(CNc2c(F)cccc2F)cc1F. The lowest BCUT2D eigenvalue weighted by molar-refractivity contribution is 0.490. The number of nitrogens with one attached hydrogen (secondary N) is 1. The molecule has 2 aromatic carbocycles. The summed E-state index contributed by atoms with van der Waals surface area (Å²) in [6.45, 7) is -0.374. The monoisotopic (exact) mass is 273 g/mol. The van der Waals surface area contributed by atoms with Crippen LogP contribution in [0.3, 0.4) is 0 Å². The Labute approximate surface area is 105 Å². The molecule has 0 saturated carbocycles. The Hall–Kier alpha value is -2.11. The summed E-state index contributed by atoms with van der Waals surface area (Å²) in [6, 6.07) is 4.23. The average Bonchev–Trinajstić information content (AvgIpc) is 2.34. The van der Waals surface area contributed by atoms with Crippen LogP contribution >= 0.6 is 0 Å². The van der Waals surface area contributed by atoms with E-state index in [4.69, 9.17) is 0 Å². The van der Waals surface area contributed by atoms with Crippen molar-refractivity contribution in [3.05, 3.63) is 65.0 Å². The van der Waals surface area contributed by atoms with Crippen molar-refractivity contribution in [2.75, 3.05) is 5.32 Å². The minimum atomic E-state index is -1.32. The standard InChI is InChI=1S/C13H8F5N/c14-8-2-1-3-9(15)13(8)19-6-7-4-11(17)12(18)5-10(7)16/h1-5,19H,6H2. The van der Waals surface area contributed by atoms with E-state index in [0.717, 1.165) is 12.1 Å². The van der Waals surface area contributed by atoms with Crippen molar-refractivity contribution < 1.29 is 22.0 Å². The molecular weight excluding hydrogens is 265 g/mol. The van der Waals surface area contributed by atoms with Gasteiger partial charge in [0.05, 0.1) is 0 Å². The van der Waals surface area contributed by atoms with Gasteiger partial charge in [-0.1, -0.05) is 6.07 Å². The molecule has 0 bridgehead atoms. The largest absolute Gasteiger partial charge is 0.376 e. The van der Waals surface area contributed by atoms with Gasteiger partial charge in [0.1, 0.15) is 23.1 Å². The normalized spacial score (nSPS) is 10.6. The fourth-order valence-corrected chi connectivity index (χ4v) is 1.55. The Bertz CT molecular complexity index is 592. The molecule has 0 spiro atoms. The molecule has 0 aromatic heterocycles. The fraction of sp³-hybridized carbons (Fsp3) is 0.0769. The van der Waals surface area contributed by atoms with Crippen molar-refractivity contribution >= 4 is 5.69 Å². The first-order valence-corrected chi connectivity index (χ1v) is 5.30. The van der Waals surface area contributed by atoms with Gasteiger partial charge < -0.3 is 5.32 Å². The van der Waals surface area contributed by atoms with Crippen LogP contribution in [-0.2, 0) is 6.54 Å². The molecule has 0 radical (unpaired) electrons. The number of benzene rings is 2. The summed E-state index contributed by atoms with van der Waals surface area (Å²) in [5.74, 6) is -5.26. The molecule has 0 fully saturated rings. The van der Waals surface area contributed by atoms with Crippen LogP contribution in [0, 0.1) is 29.1 Å². The van der Waals surface area contributed by atoms with E-state index < -0.39 is 34.8 Å². The second-order valence-corrected chi connectivity index (χ2v) is 3.81. The van der Waals surface area contributed by atoms with Gasteiger partial charge in [-0.25, -0.2) is 22.0 Å². The van der Waals surface area contributed by atoms with E-state index in [1.165, 1.54) is 6.07 Å². The second-order valence-electron chi connectivity index (χ2n) is 3.81. The molecule has 1 nitrogen and oxygen atoms in total. The third-order valence-electron chi connectivity index (χ3n) is 2.51. The summed E-state index contributed by atoms with van der Waals surface area (Å²) in [6.07, 6.45) is 0. The Morgan fingerprint density at radius 2 is 1.32 bits per heavy atom. The van der Waals surface area contributed by atoms with Gasteiger partial charge in [-0.2, -0.15) is 0 Å². The van der Waals surface area contributed by atoms with Crippen LogP contribution in [0.2, 0.25) is 0 Å². The molecule has 0 aliphatic rings. The Balaban J connectivity index is 2.22. The number of para-hydroxylation sites is 1. The smallest absolute Gasteiger partial charge is 0.161 e. The zero-order valence-corrected chi connectivity index (χ0v) is 9.48. The summed E-state index contributed by atoms with van der Waals surface area (Å²) >= 11 is 0. The lowest BCUT2D eigenvalue weighted by Crippen LogP contribution is -2.06. The minimum absolute atomic E-state index is 0.235. The lowest BCUT2D eigenvalue weighted by Gasteiger charge is -2.09. The van der Waals surface area contributed by atoms with Gasteiger partial charge in [-0.05, 0) is 18.2 Å². The highest BCUT2D eigenvalue weighted by Gasteiger charge is 2.12. The van der Waals surface area contributed by atoms with Gasteiger partial charge >= 0.3 is 0 Å². The van der Waals surface area contributed by atoms with Crippen LogP contribution in [0.4, 0.5) is 27.6 Å². The van der Waals surface area contributed by atoms with Crippen LogP contribution in [-0.4, -0.2) is 0 Å². The lowest BCUT2D eigenvalue weighted by atomic mass is 10.2.